The highest BCUT2D eigenvalue weighted by Crippen LogP contribution is 2.31. The van der Waals surface area contributed by atoms with Crippen LogP contribution in [0.1, 0.15) is 32.3 Å². The van der Waals surface area contributed by atoms with Gasteiger partial charge in [-0.15, -0.1) is 0 Å². The zero-order valence-electron chi connectivity index (χ0n) is 12.2. The van der Waals surface area contributed by atoms with Gasteiger partial charge in [0.25, 0.3) is 0 Å². The van der Waals surface area contributed by atoms with Gasteiger partial charge in [-0.2, -0.15) is 0 Å². The van der Waals surface area contributed by atoms with Crippen LogP contribution in [0.5, 0.6) is 0 Å². The summed E-state index contributed by atoms with van der Waals surface area (Å²) in [6.45, 7) is 5.12. The van der Waals surface area contributed by atoms with Crippen molar-refractivity contribution < 1.29 is 23.1 Å². The molecule has 1 aromatic carbocycles. The molecule has 2 atom stereocenters. The third-order valence-electron chi connectivity index (χ3n) is 3.19. The summed E-state index contributed by atoms with van der Waals surface area (Å²) in [6, 6.07) is 3.35. The largest absolute Gasteiger partial charge is 0.461 e. The number of nitrogens with one attached hydrogen (secondary N) is 1. The summed E-state index contributed by atoms with van der Waals surface area (Å²) >= 11 is 0. The minimum Gasteiger partial charge on any atom is -0.461 e. The highest BCUT2D eigenvalue weighted by molar-refractivity contribution is 5.74. The molecule has 116 valence electrons. The lowest BCUT2D eigenvalue weighted by atomic mass is 9.84. The molecule has 0 aliphatic rings. The van der Waals surface area contributed by atoms with E-state index < -0.39 is 29.6 Å². The Labute approximate surface area is 122 Å². The second-order valence-corrected chi connectivity index (χ2v) is 5.13. The van der Waals surface area contributed by atoms with Crippen molar-refractivity contribution in [3.05, 3.63) is 35.4 Å². The monoisotopic (exact) mass is 299 g/mol. The molecule has 6 heteroatoms. The van der Waals surface area contributed by atoms with Crippen LogP contribution in [-0.2, 0) is 14.3 Å². The van der Waals surface area contributed by atoms with Crippen molar-refractivity contribution in [3.8, 4) is 0 Å². The van der Waals surface area contributed by atoms with E-state index in [2.05, 4.69) is 5.32 Å². The van der Waals surface area contributed by atoms with Crippen molar-refractivity contribution in [3.63, 3.8) is 0 Å². The Bertz CT molecular complexity index is 506. The first-order chi connectivity index (χ1) is 9.86. The quantitative estimate of drug-likeness (QED) is 0.621. The summed E-state index contributed by atoms with van der Waals surface area (Å²) in [4.78, 5) is 21.6. The Morgan fingerprint density at radius 1 is 1.33 bits per heavy atom. The maximum absolute atomic E-state index is 13.9. The van der Waals surface area contributed by atoms with E-state index in [1.165, 1.54) is 12.1 Å². The van der Waals surface area contributed by atoms with Crippen LogP contribution in [0.3, 0.4) is 0 Å². The van der Waals surface area contributed by atoms with Gasteiger partial charge in [-0.05, 0) is 24.5 Å². The fraction of sp³-hybridized carbons (Fsp3) is 0.467. The minimum absolute atomic E-state index is 0.0215. The first kappa shape index (κ1) is 17.1. The molecule has 4 nitrogen and oxygen atoms in total. The number of benzene rings is 1. The third kappa shape index (κ3) is 4.81. The van der Waals surface area contributed by atoms with Crippen molar-refractivity contribution in [2.24, 2.45) is 5.92 Å². The maximum Gasteiger partial charge on any atom is 0.325 e. The molecule has 0 radical (unpaired) electrons. The van der Waals surface area contributed by atoms with Gasteiger partial charge in [0.15, 0.2) is 0 Å². The summed E-state index contributed by atoms with van der Waals surface area (Å²) in [7, 11) is 0. The number of hydrogen-bond acceptors (Lipinski definition) is 3. The van der Waals surface area contributed by atoms with Gasteiger partial charge in [-0.25, -0.2) is 8.78 Å². The predicted molar refractivity (Wildman–Crippen MR) is 73.6 cm³/mol. The van der Waals surface area contributed by atoms with Crippen LogP contribution in [0, 0.1) is 17.6 Å². The van der Waals surface area contributed by atoms with Crippen LogP contribution < -0.4 is 5.32 Å². The van der Waals surface area contributed by atoms with Crippen molar-refractivity contribution >= 4 is 12.4 Å². The summed E-state index contributed by atoms with van der Waals surface area (Å²) in [5.41, 5.74) is 0.301. The number of amides is 1. The fourth-order valence-electron chi connectivity index (χ4n) is 2.37. The van der Waals surface area contributed by atoms with E-state index in [1.54, 1.807) is 6.92 Å². The molecule has 0 aliphatic heterocycles. The van der Waals surface area contributed by atoms with E-state index in [-0.39, 0.29) is 12.5 Å². The molecule has 0 saturated heterocycles. The first-order valence-electron chi connectivity index (χ1n) is 6.68. The third-order valence-corrected chi connectivity index (χ3v) is 3.19. The Balaban J connectivity index is 2.90. The number of ether oxygens (including phenoxy) is 1. The van der Waals surface area contributed by atoms with Crippen LogP contribution >= 0.6 is 0 Å². The number of esters is 1. The van der Waals surface area contributed by atoms with Gasteiger partial charge >= 0.3 is 5.97 Å². The number of carbonyl (C=O) groups excluding carboxylic acids is 2. The van der Waals surface area contributed by atoms with E-state index in [0.29, 0.717) is 12.0 Å². The molecular weight excluding hydrogens is 280 g/mol. The number of hydrogen-bond donors (Lipinski definition) is 1. The summed E-state index contributed by atoms with van der Waals surface area (Å²) < 4.78 is 32.1. The van der Waals surface area contributed by atoms with E-state index in [1.807, 2.05) is 13.8 Å². The molecule has 1 amide bonds. The van der Waals surface area contributed by atoms with E-state index in [4.69, 9.17) is 4.74 Å². The van der Waals surface area contributed by atoms with Crippen molar-refractivity contribution in [2.75, 3.05) is 6.54 Å². The van der Waals surface area contributed by atoms with Gasteiger partial charge in [-0.3, -0.25) is 9.59 Å². The predicted octanol–water partition coefficient (Wildman–Crippen LogP) is 2.38. The standard InChI is InChI=1S/C15H19F2NO3/c1-9(2)15(10(3)21-14(20)7-18-8-19)12-5-4-11(16)6-13(12)17/h4-6,8-10,15H,7H2,1-3H3,(H,18,19). The molecule has 0 fully saturated rings. The molecule has 1 aromatic rings. The van der Waals surface area contributed by atoms with Gasteiger partial charge in [0.2, 0.25) is 6.41 Å². The smallest absolute Gasteiger partial charge is 0.325 e. The SMILES string of the molecule is CC(C)C(c1ccc(F)cc1F)C(C)OC(=O)CNC=O. The average Bonchev–Trinajstić information content (AvgIpc) is 2.38. The lowest BCUT2D eigenvalue weighted by Gasteiger charge is -2.28. The Kier molecular flexibility index (Phi) is 6.27. The molecule has 0 saturated carbocycles. The van der Waals surface area contributed by atoms with Crippen LogP contribution in [0.25, 0.3) is 0 Å². The molecule has 1 N–H and O–H groups in total. The van der Waals surface area contributed by atoms with Crippen LogP contribution in [-0.4, -0.2) is 25.0 Å². The highest BCUT2D eigenvalue weighted by atomic mass is 19.1. The summed E-state index contributed by atoms with van der Waals surface area (Å²) in [6.07, 6.45) is -0.211. The fourth-order valence-corrected chi connectivity index (χ4v) is 2.37. The van der Waals surface area contributed by atoms with E-state index >= 15 is 0 Å². The Hall–Kier alpha value is -1.98. The second kappa shape index (κ2) is 7.71. The maximum atomic E-state index is 13.9. The Morgan fingerprint density at radius 2 is 2.00 bits per heavy atom. The molecule has 2 unspecified atom stereocenters. The zero-order valence-corrected chi connectivity index (χ0v) is 12.2. The van der Waals surface area contributed by atoms with Crippen LogP contribution in [0.4, 0.5) is 8.78 Å². The number of rotatable bonds is 7. The molecule has 0 heterocycles. The van der Waals surface area contributed by atoms with Crippen LogP contribution in [0.2, 0.25) is 0 Å². The molecular formula is C15H19F2NO3. The molecule has 1 rings (SSSR count). The van der Waals surface area contributed by atoms with Crippen molar-refractivity contribution in [2.45, 2.75) is 32.8 Å². The zero-order chi connectivity index (χ0) is 16.0. The number of halogens is 2. The average molecular weight is 299 g/mol. The highest BCUT2D eigenvalue weighted by Gasteiger charge is 2.28. The Morgan fingerprint density at radius 3 is 2.52 bits per heavy atom. The summed E-state index contributed by atoms with van der Waals surface area (Å²) in [5.74, 6) is -2.36. The van der Waals surface area contributed by atoms with Gasteiger partial charge in [-0.1, -0.05) is 19.9 Å². The normalized spacial score (nSPS) is 13.6. The lowest BCUT2D eigenvalue weighted by Crippen LogP contribution is -2.31. The van der Waals surface area contributed by atoms with Gasteiger partial charge in [0.1, 0.15) is 24.3 Å². The van der Waals surface area contributed by atoms with Gasteiger partial charge in [0, 0.05) is 12.0 Å². The van der Waals surface area contributed by atoms with E-state index in [0.717, 1.165) is 6.07 Å². The van der Waals surface area contributed by atoms with Gasteiger partial charge < -0.3 is 10.1 Å². The first-order valence-corrected chi connectivity index (χ1v) is 6.68. The number of carbonyl (C=O) groups is 2. The molecule has 0 aliphatic carbocycles. The minimum atomic E-state index is -0.664. The molecule has 0 aromatic heterocycles. The summed E-state index contributed by atoms with van der Waals surface area (Å²) in [5, 5.41) is 2.20. The van der Waals surface area contributed by atoms with E-state index in [9.17, 15) is 18.4 Å². The lowest BCUT2D eigenvalue weighted by molar-refractivity contribution is -0.149. The molecule has 0 spiro atoms. The van der Waals surface area contributed by atoms with Gasteiger partial charge in [0.05, 0.1) is 0 Å². The second-order valence-electron chi connectivity index (χ2n) is 5.13. The van der Waals surface area contributed by atoms with Crippen molar-refractivity contribution in [1.82, 2.24) is 5.32 Å². The molecule has 21 heavy (non-hydrogen) atoms. The molecule has 0 bridgehead atoms. The van der Waals surface area contributed by atoms with Crippen LogP contribution in [0.15, 0.2) is 18.2 Å². The van der Waals surface area contributed by atoms with Crippen molar-refractivity contribution in [1.29, 1.82) is 0 Å². The topological polar surface area (TPSA) is 55.4 Å².